The van der Waals surface area contributed by atoms with Crippen molar-refractivity contribution < 1.29 is 37.3 Å². The predicted octanol–water partition coefficient (Wildman–Crippen LogP) is 4.51. The third-order valence-electron chi connectivity index (χ3n) is 6.59. The molecule has 1 saturated carbocycles. The Morgan fingerprint density at radius 1 is 1.20 bits per heavy atom. The van der Waals surface area contributed by atoms with Crippen LogP contribution in [0.25, 0.3) is 0 Å². The second-order valence-corrected chi connectivity index (χ2v) is 8.87. The lowest BCUT2D eigenvalue weighted by Gasteiger charge is -2.34. The quantitative estimate of drug-likeness (QED) is 0.600. The number of rotatable bonds is 7. The van der Waals surface area contributed by atoms with Crippen molar-refractivity contribution >= 4 is 11.7 Å². The Hall–Kier alpha value is -3.08. The summed E-state index contributed by atoms with van der Waals surface area (Å²) in [5.41, 5.74) is 1.36. The first-order valence-corrected chi connectivity index (χ1v) is 11.5. The molecule has 1 unspecified atom stereocenters. The highest BCUT2D eigenvalue weighted by atomic mass is 19.4. The number of hydrogen-bond acceptors (Lipinski definition) is 7. The van der Waals surface area contributed by atoms with Gasteiger partial charge in [-0.2, -0.15) is 13.2 Å². The van der Waals surface area contributed by atoms with E-state index in [1.165, 1.54) is 13.3 Å². The number of carboxylic acid groups (broad SMARTS) is 1. The fraction of sp³-hybridized carbons (Fsp3) is 0.542. The van der Waals surface area contributed by atoms with Crippen LogP contribution in [0.1, 0.15) is 47.8 Å². The van der Waals surface area contributed by atoms with Crippen LogP contribution in [0, 0.1) is 11.8 Å². The number of alkyl halides is 3. The highest BCUT2D eigenvalue weighted by Gasteiger charge is 2.41. The van der Waals surface area contributed by atoms with Crippen LogP contribution in [0.4, 0.5) is 18.9 Å². The van der Waals surface area contributed by atoms with E-state index in [9.17, 15) is 23.1 Å². The van der Waals surface area contributed by atoms with E-state index in [-0.39, 0.29) is 30.1 Å². The molecule has 1 N–H and O–H groups in total. The van der Waals surface area contributed by atoms with Gasteiger partial charge in [0.1, 0.15) is 23.2 Å². The molecule has 2 fully saturated rings. The first kappa shape index (κ1) is 25.0. The molecule has 1 aliphatic carbocycles. The molecule has 11 heteroatoms. The van der Waals surface area contributed by atoms with Crippen LogP contribution >= 0.6 is 0 Å². The zero-order chi connectivity index (χ0) is 25.0. The number of ether oxygens (including phenoxy) is 3. The Morgan fingerprint density at radius 2 is 1.97 bits per heavy atom. The second kappa shape index (κ2) is 10.7. The monoisotopic (exact) mass is 495 g/mol. The van der Waals surface area contributed by atoms with Crippen LogP contribution in [0.15, 0.2) is 30.7 Å². The Kier molecular flexibility index (Phi) is 7.63. The Balaban J connectivity index is 1.36. The summed E-state index contributed by atoms with van der Waals surface area (Å²) in [7, 11) is 1.40. The van der Waals surface area contributed by atoms with Crippen LogP contribution in [0.2, 0.25) is 0 Å². The molecule has 0 spiro atoms. The van der Waals surface area contributed by atoms with Crippen molar-refractivity contribution in [2.45, 2.75) is 38.0 Å². The molecule has 1 saturated heterocycles. The number of nitrogens with zero attached hydrogens (tertiary/aromatic N) is 3. The summed E-state index contributed by atoms with van der Waals surface area (Å²) in [5, 5.41) is 9.26. The molecule has 8 nitrogen and oxygen atoms in total. The number of carboxylic acids is 1. The fourth-order valence-electron chi connectivity index (χ4n) is 4.55. The van der Waals surface area contributed by atoms with Gasteiger partial charge in [-0.15, -0.1) is 0 Å². The Labute approximate surface area is 201 Å². The van der Waals surface area contributed by atoms with Gasteiger partial charge in [-0.05, 0) is 31.6 Å². The third-order valence-corrected chi connectivity index (χ3v) is 6.59. The minimum atomic E-state index is -4.11. The Morgan fingerprint density at radius 3 is 2.66 bits per heavy atom. The number of anilines is 1. The summed E-state index contributed by atoms with van der Waals surface area (Å²) in [5.74, 6) is -1.45. The van der Waals surface area contributed by atoms with E-state index in [4.69, 9.17) is 14.2 Å². The van der Waals surface area contributed by atoms with E-state index < -0.39 is 24.2 Å². The van der Waals surface area contributed by atoms with Gasteiger partial charge in [-0.3, -0.25) is 9.97 Å². The van der Waals surface area contributed by atoms with E-state index in [1.807, 2.05) is 6.07 Å². The topological polar surface area (TPSA) is 94.0 Å². The summed E-state index contributed by atoms with van der Waals surface area (Å²) in [6.07, 6.45) is 1.36. The van der Waals surface area contributed by atoms with Crippen molar-refractivity contribution in [1.82, 2.24) is 9.97 Å². The molecular weight excluding hydrogens is 467 g/mol. The minimum Gasteiger partial charge on any atom is -0.496 e. The number of aromatic carboxylic acids is 1. The molecule has 1 atom stereocenters. The zero-order valence-corrected chi connectivity index (χ0v) is 19.3. The first-order valence-electron chi connectivity index (χ1n) is 11.5. The van der Waals surface area contributed by atoms with Gasteiger partial charge >= 0.3 is 12.1 Å². The lowest BCUT2D eigenvalue weighted by Crippen LogP contribution is -2.38. The fourth-order valence-corrected chi connectivity index (χ4v) is 4.55. The van der Waals surface area contributed by atoms with Gasteiger partial charge < -0.3 is 24.2 Å². The van der Waals surface area contributed by atoms with Gasteiger partial charge in [0.15, 0.2) is 0 Å². The van der Waals surface area contributed by atoms with Gasteiger partial charge in [0.2, 0.25) is 0 Å². The highest BCUT2D eigenvalue weighted by Crippen LogP contribution is 2.39. The lowest BCUT2D eigenvalue weighted by atomic mass is 9.82. The number of halogens is 3. The van der Waals surface area contributed by atoms with Gasteiger partial charge in [-0.25, -0.2) is 4.79 Å². The molecular formula is C24H28F3N3O5. The van der Waals surface area contributed by atoms with Crippen molar-refractivity contribution in [3.05, 3.63) is 42.0 Å². The van der Waals surface area contributed by atoms with Crippen LogP contribution < -0.4 is 14.4 Å². The third kappa shape index (κ3) is 6.14. The van der Waals surface area contributed by atoms with Gasteiger partial charge in [0, 0.05) is 24.9 Å². The number of carbonyl (C=O) groups is 1. The van der Waals surface area contributed by atoms with Crippen molar-refractivity contribution in [3.8, 4) is 11.5 Å². The van der Waals surface area contributed by atoms with Gasteiger partial charge in [0.05, 0.1) is 56.6 Å². The molecule has 3 heterocycles. The normalized spacial score (nSPS) is 23.1. The number of aromatic nitrogens is 2. The van der Waals surface area contributed by atoms with E-state index in [0.29, 0.717) is 50.6 Å². The molecule has 0 aromatic carbocycles. The molecule has 1 aliphatic heterocycles. The molecule has 2 aromatic heterocycles. The number of pyridine rings is 2. The SMILES string of the molecule is COc1cc(C2CN(c3cncc(OCC4CCC(C(F)(F)F)CC4)c3)CCO2)ncc1C(=O)O. The van der Waals surface area contributed by atoms with Gasteiger partial charge in [-0.1, -0.05) is 0 Å². The van der Waals surface area contributed by atoms with E-state index in [1.54, 1.807) is 18.5 Å². The molecule has 0 radical (unpaired) electrons. The summed E-state index contributed by atoms with van der Waals surface area (Å²) in [6.45, 7) is 1.88. The van der Waals surface area contributed by atoms with Crippen molar-refractivity contribution in [3.63, 3.8) is 0 Å². The second-order valence-electron chi connectivity index (χ2n) is 8.87. The maximum Gasteiger partial charge on any atom is 0.391 e. The average molecular weight is 495 g/mol. The first-order chi connectivity index (χ1) is 16.7. The smallest absolute Gasteiger partial charge is 0.391 e. The zero-order valence-electron chi connectivity index (χ0n) is 19.3. The molecule has 0 amide bonds. The molecule has 4 rings (SSSR count). The largest absolute Gasteiger partial charge is 0.496 e. The maximum atomic E-state index is 12.9. The van der Waals surface area contributed by atoms with E-state index >= 15 is 0 Å². The molecule has 2 aromatic rings. The van der Waals surface area contributed by atoms with Crippen molar-refractivity contribution in [2.24, 2.45) is 11.8 Å². The van der Waals surface area contributed by atoms with Crippen LogP contribution in [-0.2, 0) is 4.74 Å². The lowest BCUT2D eigenvalue weighted by molar-refractivity contribution is -0.184. The van der Waals surface area contributed by atoms with E-state index in [2.05, 4.69) is 14.9 Å². The standard InChI is InChI=1S/C24H28F3N3O5/c1-33-21-9-20(29-12-19(21)23(31)32)22-13-30(6-7-34-22)17-8-18(11-28-10-17)35-14-15-2-4-16(5-3-15)24(25,26)27/h8-12,15-16,22H,2-7,13-14H2,1H3,(H,31,32). The van der Waals surface area contributed by atoms with Crippen LogP contribution in [0.3, 0.4) is 0 Å². The Bertz CT molecular complexity index is 1030. The maximum absolute atomic E-state index is 12.9. The predicted molar refractivity (Wildman–Crippen MR) is 120 cm³/mol. The number of morpholine rings is 1. The summed E-state index contributed by atoms with van der Waals surface area (Å²) < 4.78 is 55.6. The van der Waals surface area contributed by atoms with E-state index in [0.717, 1.165) is 5.69 Å². The molecule has 35 heavy (non-hydrogen) atoms. The summed E-state index contributed by atoms with van der Waals surface area (Å²) in [6, 6.07) is 3.43. The van der Waals surface area contributed by atoms with Crippen molar-refractivity contribution in [2.75, 3.05) is 38.3 Å². The number of hydrogen-bond donors (Lipinski definition) is 1. The highest BCUT2D eigenvalue weighted by molar-refractivity contribution is 5.90. The molecule has 190 valence electrons. The average Bonchev–Trinajstić information content (AvgIpc) is 2.87. The van der Waals surface area contributed by atoms with Gasteiger partial charge in [0.25, 0.3) is 0 Å². The molecule has 0 bridgehead atoms. The number of methoxy groups -OCH3 is 1. The minimum absolute atomic E-state index is 0.0233. The summed E-state index contributed by atoms with van der Waals surface area (Å²) in [4.78, 5) is 21.9. The van der Waals surface area contributed by atoms with Crippen LogP contribution in [-0.4, -0.2) is 60.6 Å². The summed E-state index contributed by atoms with van der Waals surface area (Å²) >= 11 is 0. The van der Waals surface area contributed by atoms with Crippen LogP contribution in [0.5, 0.6) is 11.5 Å². The van der Waals surface area contributed by atoms with Crippen molar-refractivity contribution in [1.29, 1.82) is 0 Å². The molecule has 2 aliphatic rings.